The highest BCUT2D eigenvalue weighted by atomic mass is 16.2. The van der Waals surface area contributed by atoms with Crippen LogP contribution >= 0.6 is 0 Å². The SMILES string of the molecule is C=C(C)CN(CC)C(=O)c1ccccc1Nc1ccccc1. The number of anilines is 2. The summed E-state index contributed by atoms with van der Waals surface area (Å²) in [6.45, 7) is 9.05. The molecular formula is C19H22N2O. The highest BCUT2D eigenvalue weighted by Gasteiger charge is 2.17. The molecule has 3 nitrogen and oxygen atoms in total. The zero-order chi connectivity index (χ0) is 15.9. The Kier molecular flexibility index (Phi) is 5.37. The van der Waals surface area contributed by atoms with Crippen molar-refractivity contribution in [2.24, 2.45) is 0 Å². The van der Waals surface area contributed by atoms with E-state index in [4.69, 9.17) is 0 Å². The quantitative estimate of drug-likeness (QED) is 0.797. The topological polar surface area (TPSA) is 32.3 Å². The molecule has 0 heterocycles. The fourth-order valence-corrected chi connectivity index (χ4v) is 2.28. The normalized spacial score (nSPS) is 10.1. The molecule has 1 N–H and O–H groups in total. The largest absolute Gasteiger partial charge is 0.355 e. The maximum absolute atomic E-state index is 12.8. The minimum atomic E-state index is 0.0181. The van der Waals surface area contributed by atoms with E-state index in [2.05, 4.69) is 11.9 Å². The summed E-state index contributed by atoms with van der Waals surface area (Å²) in [5.74, 6) is 0.0181. The first kappa shape index (κ1) is 15.8. The Labute approximate surface area is 132 Å². The average Bonchev–Trinajstić information content (AvgIpc) is 2.53. The van der Waals surface area contributed by atoms with Gasteiger partial charge in [-0.25, -0.2) is 0 Å². The van der Waals surface area contributed by atoms with Gasteiger partial charge in [0.1, 0.15) is 0 Å². The lowest BCUT2D eigenvalue weighted by Gasteiger charge is -2.22. The summed E-state index contributed by atoms with van der Waals surface area (Å²) < 4.78 is 0. The van der Waals surface area contributed by atoms with E-state index in [1.54, 1.807) is 4.90 Å². The third-order valence-electron chi connectivity index (χ3n) is 3.34. The van der Waals surface area contributed by atoms with E-state index in [1.807, 2.05) is 68.4 Å². The van der Waals surface area contributed by atoms with Gasteiger partial charge in [-0.2, -0.15) is 0 Å². The van der Waals surface area contributed by atoms with Gasteiger partial charge in [0.05, 0.1) is 11.3 Å². The van der Waals surface area contributed by atoms with Crippen LogP contribution < -0.4 is 5.32 Å². The molecular weight excluding hydrogens is 272 g/mol. The lowest BCUT2D eigenvalue weighted by molar-refractivity contribution is 0.0779. The number of rotatable bonds is 6. The number of nitrogens with zero attached hydrogens (tertiary/aromatic N) is 1. The van der Waals surface area contributed by atoms with Crippen molar-refractivity contribution in [1.82, 2.24) is 4.90 Å². The molecule has 0 unspecified atom stereocenters. The van der Waals surface area contributed by atoms with Crippen LogP contribution in [0.3, 0.4) is 0 Å². The van der Waals surface area contributed by atoms with Crippen LogP contribution in [0.4, 0.5) is 11.4 Å². The molecule has 0 spiro atoms. The minimum Gasteiger partial charge on any atom is -0.355 e. The van der Waals surface area contributed by atoms with Crippen LogP contribution in [0, 0.1) is 0 Å². The van der Waals surface area contributed by atoms with Gasteiger partial charge >= 0.3 is 0 Å². The molecule has 0 saturated carbocycles. The van der Waals surface area contributed by atoms with Crippen LogP contribution in [-0.2, 0) is 0 Å². The molecule has 1 amide bonds. The minimum absolute atomic E-state index is 0.0181. The van der Waals surface area contributed by atoms with Crippen LogP contribution in [0.2, 0.25) is 0 Å². The summed E-state index contributed by atoms with van der Waals surface area (Å²) in [4.78, 5) is 14.6. The predicted octanol–water partition coefficient (Wildman–Crippen LogP) is 4.47. The number of likely N-dealkylation sites (N-methyl/N-ethyl adjacent to an activating group) is 1. The van der Waals surface area contributed by atoms with Crippen LogP contribution in [-0.4, -0.2) is 23.9 Å². The van der Waals surface area contributed by atoms with E-state index in [1.165, 1.54) is 0 Å². The van der Waals surface area contributed by atoms with Crippen molar-refractivity contribution in [2.45, 2.75) is 13.8 Å². The Hall–Kier alpha value is -2.55. The van der Waals surface area contributed by atoms with Crippen LogP contribution in [0.25, 0.3) is 0 Å². The number of carbonyl (C=O) groups is 1. The van der Waals surface area contributed by atoms with Crippen LogP contribution in [0.15, 0.2) is 66.7 Å². The summed E-state index contributed by atoms with van der Waals surface area (Å²) in [6, 6.07) is 17.4. The number of para-hydroxylation sites is 2. The highest BCUT2D eigenvalue weighted by Crippen LogP contribution is 2.22. The molecule has 2 aromatic carbocycles. The summed E-state index contributed by atoms with van der Waals surface area (Å²) in [5, 5.41) is 3.32. The van der Waals surface area contributed by atoms with E-state index in [9.17, 15) is 4.79 Å². The van der Waals surface area contributed by atoms with E-state index >= 15 is 0 Å². The van der Waals surface area contributed by atoms with Crippen LogP contribution in [0.5, 0.6) is 0 Å². The summed E-state index contributed by atoms with van der Waals surface area (Å²) in [6.07, 6.45) is 0. The van der Waals surface area contributed by atoms with E-state index < -0.39 is 0 Å². The Morgan fingerprint density at radius 2 is 1.73 bits per heavy atom. The number of benzene rings is 2. The lowest BCUT2D eigenvalue weighted by Crippen LogP contribution is -2.32. The van der Waals surface area contributed by atoms with Crippen molar-refractivity contribution in [3.63, 3.8) is 0 Å². The van der Waals surface area contributed by atoms with Gasteiger partial charge in [-0.05, 0) is 38.1 Å². The van der Waals surface area contributed by atoms with E-state index in [0.717, 1.165) is 16.9 Å². The van der Waals surface area contributed by atoms with Gasteiger partial charge in [-0.1, -0.05) is 42.5 Å². The van der Waals surface area contributed by atoms with Crippen molar-refractivity contribution in [1.29, 1.82) is 0 Å². The lowest BCUT2D eigenvalue weighted by atomic mass is 10.1. The Balaban J connectivity index is 2.27. The van der Waals surface area contributed by atoms with Crippen molar-refractivity contribution < 1.29 is 4.79 Å². The van der Waals surface area contributed by atoms with Gasteiger partial charge in [-0.15, -0.1) is 0 Å². The van der Waals surface area contributed by atoms with Gasteiger partial charge < -0.3 is 10.2 Å². The third-order valence-corrected chi connectivity index (χ3v) is 3.34. The van der Waals surface area contributed by atoms with Gasteiger partial charge in [-0.3, -0.25) is 4.79 Å². The fourth-order valence-electron chi connectivity index (χ4n) is 2.28. The second kappa shape index (κ2) is 7.46. The predicted molar refractivity (Wildman–Crippen MR) is 92.6 cm³/mol. The van der Waals surface area contributed by atoms with E-state index in [0.29, 0.717) is 18.7 Å². The van der Waals surface area contributed by atoms with Gasteiger partial charge in [0, 0.05) is 18.8 Å². The third kappa shape index (κ3) is 3.98. The molecule has 0 fully saturated rings. The molecule has 2 rings (SSSR count). The molecule has 22 heavy (non-hydrogen) atoms. The Morgan fingerprint density at radius 3 is 2.36 bits per heavy atom. The molecule has 0 radical (unpaired) electrons. The Morgan fingerprint density at radius 1 is 1.09 bits per heavy atom. The summed E-state index contributed by atoms with van der Waals surface area (Å²) in [5.41, 5.74) is 3.43. The summed E-state index contributed by atoms with van der Waals surface area (Å²) >= 11 is 0. The first-order valence-corrected chi connectivity index (χ1v) is 7.46. The second-order valence-corrected chi connectivity index (χ2v) is 5.31. The Bertz CT molecular complexity index is 649. The van der Waals surface area contributed by atoms with Gasteiger partial charge in [0.25, 0.3) is 5.91 Å². The molecule has 0 aliphatic rings. The number of nitrogens with one attached hydrogen (secondary N) is 1. The van der Waals surface area contributed by atoms with Crippen molar-refractivity contribution in [3.8, 4) is 0 Å². The summed E-state index contributed by atoms with van der Waals surface area (Å²) in [7, 11) is 0. The monoisotopic (exact) mass is 294 g/mol. The van der Waals surface area contributed by atoms with E-state index in [-0.39, 0.29) is 5.91 Å². The van der Waals surface area contributed by atoms with Gasteiger partial charge in [0.2, 0.25) is 0 Å². The van der Waals surface area contributed by atoms with Gasteiger partial charge in [0.15, 0.2) is 0 Å². The molecule has 0 aromatic heterocycles. The van der Waals surface area contributed by atoms with Crippen molar-refractivity contribution >= 4 is 17.3 Å². The molecule has 0 aliphatic carbocycles. The molecule has 0 aliphatic heterocycles. The first-order chi connectivity index (χ1) is 10.6. The smallest absolute Gasteiger partial charge is 0.256 e. The number of hydrogen-bond acceptors (Lipinski definition) is 2. The number of amides is 1. The maximum Gasteiger partial charge on any atom is 0.256 e. The zero-order valence-electron chi connectivity index (χ0n) is 13.2. The van der Waals surface area contributed by atoms with Crippen molar-refractivity contribution in [2.75, 3.05) is 18.4 Å². The molecule has 0 atom stereocenters. The van der Waals surface area contributed by atoms with Crippen LogP contribution in [0.1, 0.15) is 24.2 Å². The molecule has 0 bridgehead atoms. The standard InChI is InChI=1S/C19H22N2O/c1-4-21(14-15(2)3)19(22)17-12-8-9-13-18(17)20-16-10-6-5-7-11-16/h5-13,20H,2,4,14H2,1,3H3. The highest BCUT2D eigenvalue weighted by molar-refractivity contribution is 6.00. The first-order valence-electron chi connectivity index (χ1n) is 7.46. The number of hydrogen-bond donors (Lipinski definition) is 1. The molecule has 114 valence electrons. The fraction of sp³-hybridized carbons (Fsp3) is 0.211. The number of carbonyl (C=O) groups excluding carboxylic acids is 1. The molecule has 0 saturated heterocycles. The molecule has 3 heteroatoms. The van der Waals surface area contributed by atoms with Crippen molar-refractivity contribution in [3.05, 3.63) is 72.3 Å². The maximum atomic E-state index is 12.8. The second-order valence-electron chi connectivity index (χ2n) is 5.31. The molecule has 2 aromatic rings. The average molecular weight is 294 g/mol. The zero-order valence-corrected chi connectivity index (χ0v) is 13.2.